The van der Waals surface area contributed by atoms with E-state index < -0.39 is 0 Å². The first-order valence-electron chi connectivity index (χ1n) is 11.3. The summed E-state index contributed by atoms with van der Waals surface area (Å²) < 4.78 is 7.23. The lowest BCUT2D eigenvalue weighted by molar-refractivity contribution is 0.0954. The molecule has 1 aromatic carbocycles. The maximum Gasteiger partial charge on any atom is 0.252 e. The minimum atomic E-state index is -0.143. The van der Waals surface area contributed by atoms with Gasteiger partial charge < -0.3 is 9.73 Å². The molecule has 0 aliphatic heterocycles. The first-order chi connectivity index (χ1) is 16.7. The fourth-order valence-electron chi connectivity index (χ4n) is 4.01. The van der Waals surface area contributed by atoms with Gasteiger partial charge in [-0.05, 0) is 48.2 Å². The Hall–Kier alpha value is -4.26. The highest BCUT2D eigenvalue weighted by molar-refractivity contribution is 6.06. The molecule has 1 atom stereocenters. The first kappa shape index (κ1) is 21.6. The van der Waals surface area contributed by atoms with Crippen LogP contribution in [0.3, 0.4) is 0 Å². The Labute approximate surface area is 197 Å². The third-order valence-corrected chi connectivity index (χ3v) is 5.93. The molecular weight excluding hydrogens is 426 g/mol. The van der Waals surface area contributed by atoms with Crippen molar-refractivity contribution >= 4 is 16.9 Å². The lowest BCUT2D eigenvalue weighted by atomic mass is 9.98. The number of amides is 1. The number of hydrogen-bond donors (Lipinski definition) is 1. The number of carbonyl (C=O) groups is 1. The zero-order chi connectivity index (χ0) is 23.3. The number of nitrogens with one attached hydrogen (secondary N) is 1. The van der Waals surface area contributed by atoms with Crippen LogP contribution in [0.25, 0.3) is 22.3 Å². The van der Waals surface area contributed by atoms with Crippen LogP contribution >= 0.6 is 0 Å². The van der Waals surface area contributed by atoms with Gasteiger partial charge in [0.25, 0.3) is 5.91 Å². The van der Waals surface area contributed by atoms with Crippen LogP contribution in [0.5, 0.6) is 0 Å². The Bertz CT molecular complexity index is 1380. The molecule has 0 fully saturated rings. The van der Waals surface area contributed by atoms with Crippen molar-refractivity contribution < 1.29 is 9.21 Å². The molecule has 1 amide bonds. The van der Waals surface area contributed by atoms with E-state index in [0.717, 1.165) is 17.7 Å². The van der Waals surface area contributed by atoms with Crippen LogP contribution < -0.4 is 5.32 Å². The first-order valence-corrected chi connectivity index (χ1v) is 11.3. The minimum Gasteiger partial charge on any atom is -0.467 e. The largest absolute Gasteiger partial charge is 0.467 e. The third kappa shape index (κ3) is 4.59. The summed E-state index contributed by atoms with van der Waals surface area (Å²) in [5, 5.41) is 8.28. The molecule has 4 aromatic heterocycles. The number of hydrogen-bond acceptors (Lipinski definition) is 5. The summed E-state index contributed by atoms with van der Waals surface area (Å²) in [4.78, 5) is 22.3. The molecule has 0 radical (unpaired) electrons. The topological polar surface area (TPSA) is 85.8 Å². The van der Waals surface area contributed by atoms with Crippen LogP contribution in [0.15, 0.2) is 89.9 Å². The van der Waals surface area contributed by atoms with Crippen LogP contribution in [0, 0.1) is 0 Å². The molecule has 0 aliphatic carbocycles. The monoisotopic (exact) mass is 451 g/mol. The van der Waals surface area contributed by atoms with Crippen LogP contribution in [-0.4, -0.2) is 32.2 Å². The Kier molecular flexibility index (Phi) is 6.16. The Balaban J connectivity index is 1.43. The van der Waals surface area contributed by atoms with E-state index in [9.17, 15) is 4.79 Å². The number of carbonyl (C=O) groups excluding carboxylic acids is 1. The van der Waals surface area contributed by atoms with Gasteiger partial charge >= 0.3 is 0 Å². The van der Waals surface area contributed by atoms with E-state index in [1.165, 1.54) is 5.56 Å². The van der Waals surface area contributed by atoms with E-state index in [1.807, 2.05) is 48.5 Å². The molecule has 1 N–H and O–H groups in total. The number of rotatable bonds is 8. The van der Waals surface area contributed by atoms with Gasteiger partial charge in [0.1, 0.15) is 12.3 Å². The second-order valence-electron chi connectivity index (χ2n) is 8.27. The van der Waals surface area contributed by atoms with Crippen LogP contribution in [0.4, 0.5) is 0 Å². The van der Waals surface area contributed by atoms with Gasteiger partial charge in [0.15, 0.2) is 5.65 Å². The number of nitrogens with zero attached hydrogens (tertiary/aromatic N) is 4. The van der Waals surface area contributed by atoms with Crippen molar-refractivity contribution in [1.82, 2.24) is 25.1 Å². The van der Waals surface area contributed by atoms with E-state index in [1.54, 1.807) is 29.5 Å². The van der Waals surface area contributed by atoms with Crippen molar-refractivity contribution in [3.63, 3.8) is 0 Å². The summed E-state index contributed by atoms with van der Waals surface area (Å²) in [7, 11) is 0. The summed E-state index contributed by atoms with van der Waals surface area (Å²) in [5.41, 5.74) is 3.94. The smallest absolute Gasteiger partial charge is 0.252 e. The fourth-order valence-corrected chi connectivity index (χ4v) is 4.01. The van der Waals surface area contributed by atoms with E-state index in [-0.39, 0.29) is 5.91 Å². The van der Waals surface area contributed by atoms with Gasteiger partial charge in [-0.25, -0.2) is 9.67 Å². The predicted octanol–water partition coefficient (Wildman–Crippen LogP) is 5.06. The number of fused-ring (bicyclic) bond motifs is 1. The van der Waals surface area contributed by atoms with Crippen molar-refractivity contribution in [2.75, 3.05) is 6.54 Å². The Morgan fingerprint density at radius 1 is 1.09 bits per heavy atom. The molecule has 0 aliphatic rings. The number of benzene rings is 1. The van der Waals surface area contributed by atoms with Crippen LogP contribution in [0.2, 0.25) is 0 Å². The molecule has 0 saturated carbocycles. The third-order valence-electron chi connectivity index (χ3n) is 5.93. The van der Waals surface area contributed by atoms with Crippen molar-refractivity contribution in [1.29, 1.82) is 0 Å². The molecule has 5 rings (SSSR count). The second-order valence-corrected chi connectivity index (χ2v) is 8.27. The highest BCUT2D eigenvalue weighted by atomic mass is 16.3. The summed E-state index contributed by atoms with van der Waals surface area (Å²) >= 11 is 0. The Morgan fingerprint density at radius 2 is 1.97 bits per heavy atom. The minimum absolute atomic E-state index is 0.143. The zero-order valence-corrected chi connectivity index (χ0v) is 18.9. The second kappa shape index (κ2) is 9.70. The van der Waals surface area contributed by atoms with Crippen LogP contribution in [-0.2, 0) is 6.54 Å². The summed E-state index contributed by atoms with van der Waals surface area (Å²) in [6.45, 7) is 3.17. The number of aromatic nitrogens is 4. The average Bonchev–Trinajstić information content (AvgIpc) is 3.55. The molecule has 5 aromatic rings. The fraction of sp³-hybridized carbons (Fsp3) is 0.185. The lowest BCUT2D eigenvalue weighted by Crippen LogP contribution is -2.25. The number of furan rings is 1. The van der Waals surface area contributed by atoms with Gasteiger partial charge in [0.05, 0.1) is 29.1 Å². The van der Waals surface area contributed by atoms with E-state index in [0.29, 0.717) is 41.3 Å². The van der Waals surface area contributed by atoms with Gasteiger partial charge in [-0.15, -0.1) is 0 Å². The molecule has 0 saturated heterocycles. The zero-order valence-electron chi connectivity index (χ0n) is 18.9. The molecular formula is C27H25N5O2. The molecule has 170 valence electrons. The standard InChI is InChI=1S/C27H25N5O2/c1-19(20-7-3-2-4-8-20)11-13-29-27(33)23-15-25(21-9-5-12-28-16-21)31-26-24(23)17-30-32(26)18-22-10-6-14-34-22/h2-10,12,14-17,19H,11,13,18H2,1H3,(H,29,33). The lowest BCUT2D eigenvalue weighted by Gasteiger charge is -2.13. The maximum absolute atomic E-state index is 13.3. The predicted molar refractivity (Wildman–Crippen MR) is 130 cm³/mol. The van der Waals surface area contributed by atoms with Crippen molar-refractivity contribution in [3.8, 4) is 11.3 Å². The summed E-state index contributed by atoms with van der Waals surface area (Å²) in [6, 6.07) is 19.7. The highest BCUT2D eigenvalue weighted by Gasteiger charge is 2.18. The SMILES string of the molecule is CC(CCNC(=O)c1cc(-c2cccnc2)nc2c1cnn2Cc1ccco1)c1ccccc1. The van der Waals surface area contributed by atoms with Crippen molar-refractivity contribution in [2.24, 2.45) is 0 Å². The molecule has 0 bridgehead atoms. The van der Waals surface area contributed by atoms with E-state index in [4.69, 9.17) is 9.40 Å². The summed E-state index contributed by atoms with van der Waals surface area (Å²) in [5.74, 6) is 0.968. The van der Waals surface area contributed by atoms with Gasteiger partial charge in [-0.3, -0.25) is 9.78 Å². The number of pyridine rings is 2. The van der Waals surface area contributed by atoms with Crippen molar-refractivity contribution in [2.45, 2.75) is 25.8 Å². The van der Waals surface area contributed by atoms with Crippen LogP contribution in [0.1, 0.15) is 40.9 Å². The quantitative estimate of drug-likeness (QED) is 0.356. The van der Waals surface area contributed by atoms with Gasteiger partial charge in [-0.1, -0.05) is 37.3 Å². The van der Waals surface area contributed by atoms with E-state index >= 15 is 0 Å². The van der Waals surface area contributed by atoms with E-state index in [2.05, 4.69) is 34.5 Å². The molecule has 7 nitrogen and oxygen atoms in total. The molecule has 4 heterocycles. The van der Waals surface area contributed by atoms with Gasteiger partial charge in [0.2, 0.25) is 0 Å². The highest BCUT2D eigenvalue weighted by Crippen LogP contribution is 2.25. The average molecular weight is 452 g/mol. The summed E-state index contributed by atoms with van der Waals surface area (Å²) in [6.07, 6.45) is 7.62. The normalized spacial score (nSPS) is 12.0. The van der Waals surface area contributed by atoms with Gasteiger partial charge in [-0.2, -0.15) is 5.10 Å². The van der Waals surface area contributed by atoms with Crippen molar-refractivity contribution in [3.05, 3.63) is 102 Å². The van der Waals surface area contributed by atoms with Gasteiger partial charge in [0, 0.05) is 24.5 Å². The Morgan fingerprint density at radius 3 is 2.74 bits per heavy atom. The maximum atomic E-state index is 13.3. The molecule has 0 spiro atoms. The molecule has 7 heteroatoms. The molecule has 1 unspecified atom stereocenters. The molecule has 34 heavy (non-hydrogen) atoms.